The van der Waals surface area contributed by atoms with Crippen molar-refractivity contribution in [3.05, 3.63) is 77.5 Å². The standard InChI is InChI=1S/C27H36N6O/c1-4-29-27-30-18-23-19-33(16-15-32(3)26(23)31-27)24-12-8-9-21(17-24)20-34-25(13-14-28-2)22-10-6-5-7-11-22/h5-12,17-18,25,28H,4,13-16,19-20H2,1-3H3,(H,29,30,31). The summed E-state index contributed by atoms with van der Waals surface area (Å²) < 4.78 is 6.40. The Morgan fingerprint density at radius 3 is 2.74 bits per heavy atom. The Bertz CT molecular complexity index is 1040. The van der Waals surface area contributed by atoms with Crippen LogP contribution in [0.25, 0.3) is 0 Å². The van der Waals surface area contributed by atoms with E-state index in [1.807, 2.05) is 19.3 Å². The fraction of sp³-hybridized carbons (Fsp3) is 0.407. The molecule has 4 rings (SSSR count). The molecule has 2 heterocycles. The first kappa shape index (κ1) is 24.0. The molecule has 1 aliphatic rings. The molecule has 0 aliphatic carbocycles. The smallest absolute Gasteiger partial charge is 0.224 e. The average Bonchev–Trinajstić information content (AvgIpc) is 3.04. The molecule has 0 bridgehead atoms. The van der Waals surface area contributed by atoms with Crippen molar-refractivity contribution in [2.75, 3.05) is 55.4 Å². The van der Waals surface area contributed by atoms with Gasteiger partial charge in [-0.2, -0.15) is 4.98 Å². The molecule has 0 amide bonds. The Morgan fingerprint density at radius 1 is 1.09 bits per heavy atom. The van der Waals surface area contributed by atoms with Crippen LogP contribution in [-0.2, 0) is 17.9 Å². The second-order valence-corrected chi connectivity index (χ2v) is 8.69. The van der Waals surface area contributed by atoms with E-state index in [1.54, 1.807) is 0 Å². The quantitative estimate of drug-likeness (QED) is 0.469. The molecule has 180 valence electrons. The van der Waals surface area contributed by atoms with E-state index in [4.69, 9.17) is 9.72 Å². The second-order valence-electron chi connectivity index (χ2n) is 8.69. The van der Waals surface area contributed by atoms with Gasteiger partial charge in [0.05, 0.1) is 12.7 Å². The van der Waals surface area contributed by atoms with Gasteiger partial charge in [-0.3, -0.25) is 0 Å². The summed E-state index contributed by atoms with van der Waals surface area (Å²) in [6, 6.07) is 19.2. The number of anilines is 3. The van der Waals surface area contributed by atoms with E-state index in [9.17, 15) is 0 Å². The van der Waals surface area contributed by atoms with Crippen LogP contribution >= 0.6 is 0 Å². The van der Waals surface area contributed by atoms with Gasteiger partial charge in [-0.25, -0.2) is 4.98 Å². The normalized spacial score (nSPS) is 14.4. The van der Waals surface area contributed by atoms with Crippen molar-refractivity contribution in [1.82, 2.24) is 15.3 Å². The molecule has 3 aromatic rings. The summed E-state index contributed by atoms with van der Waals surface area (Å²) >= 11 is 0. The number of benzene rings is 2. The Hall–Kier alpha value is -3.16. The largest absolute Gasteiger partial charge is 0.369 e. The van der Waals surface area contributed by atoms with Gasteiger partial charge in [-0.1, -0.05) is 42.5 Å². The van der Waals surface area contributed by atoms with Gasteiger partial charge in [0, 0.05) is 50.7 Å². The minimum absolute atomic E-state index is 0.0686. The number of aromatic nitrogens is 2. The molecule has 0 saturated heterocycles. The van der Waals surface area contributed by atoms with Gasteiger partial charge in [0.15, 0.2) is 0 Å². The van der Waals surface area contributed by atoms with Gasteiger partial charge < -0.3 is 25.2 Å². The third-order valence-corrected chi connectivity index (χ3v) is 6.16. The fourth-order valence-electron chi connectivity index (χ4n) is 4.29. The van der Waals surface area contributed by atoms with Crippen LogP contribution in [0.3, 0.4) is 0 Å². The first-order valence-corrected chi connectivity index (χ1v) is 12.1. The maximum Gasteiger partial charge on any atom is 0.224 e. The zero-order valence-corrected chi connectivity index (χ0v) is 20.5. The van der Waals surface area contributed by atoms with Crippen LogP contribution < -0.4 is 20.4 Å². The van der Waals surface area contributed by atoms with Crippen LogP contribution in [-0.4, -0.2) is 50.2 Å². The molecule has 34 heavy (non-hydrogen) atoms. The topological polar surface area (TPSA) is 65.6 Å². The summed E-state index contributed by atoms with van der Waals surface area (Å²) in [6.45, 7) is 6.96. The molecular weight excluding hydrogens is 424 g/mol. The molecule has 0 saturated carbocycles. The molecule has 1 unspecified atom stereocenters. The van der Waals surface area contributed by atoms with Crippen LogP contribution in [0.4, 0.5) is 17.5 Å². The first-order valence-electron chi connectivity index (χ1n) is 12.1. The summed E-state index contributed by atoms with van der Waals surface area (Å²) in [7, 11) is 4.08. The molecule has 1 aromatic heterocycles. The van der Waals surface area contributed by atoms with Crippen molar-refractivity contribution in [2.45, 2.75) is 32.6 Å². The number of hydrogen-bond donors (Lipinski definition) is 2. The van der Waals surface area contributed by atoms with Crippen molar-refractivity contribution in [2.24, 2.45) is 0 Å². The Morgan fingerprint density at radius 2 is 1.94 bits per heavy atom. The number of nitrogens with zero attached hydrogens (tertiary/aromatic N) is 4. The highest BCUT2D eigenvalue weighted by molar-refractivity contribution is 5.56. The van der Waals surface area contributed by atoms with Gasteiger partial charge in [-0.05, 0) is 50.2 Å². The van der Waals surface area contributed by atoms with Gasteiger partial charge in [0.2, 0.25) is 5.95 Å². The minimum Gasteiger partial charge on any atom is -0.369 e. The molecule has 0 spiro atoms. The fourth-order valence-corrected chi connectivity index (χ4v) is 4.29. The zero-order valence-electron chi connectivity index (χ0n) is 20.5. The molecular formula is C27H36N6O. The van der Waals surface area contributed by atoms with Gasteiger partial charge >= 0.3 is 0 Å². The lowest BCUT2D eigenvalue weighted by atomic mass is 10.1. The zero-order chi connectivity index (χ0) is 23.8. The maximum atomic E-state index is 6.40. The summed E-state index contributed by atoms with van der Waals surface area (Å²) in [5, 5.41) is 6.46. The van der Waals surface area contributed by atoms with Crippen LogP contribution in [0.5, 0.6) is 0 Å². The molecule has 0 radical (unpaired) electrons. The van der Waals surface area contributed by atoms with Crippen LogP contribution in [0, 0.1) is 0 Å². The van der Waals surface area contributed by atoms with Gasteiger partial charge in [0.1, 0.15) is 5.82 Å². The van der Waals surface area contributed by atoms with Crippen molar-refractivity contribution >= 4 is 17.5 Å². The predicted octanol–water partition coefficient (Wildman–Crippen LogP) is 4.23. The molecule has 1 aliphatic heterocycles. The van der Waals surface area contributed by atoms with Crippen LogP contribution in [0.1, 0.15) is 36.1 Å². The Kier molecular flexibility index (Phi) is 8.33. The monoisotopic (exact) mass is 460 g/mol. The van der Waals surface area contributed by atoms with E-state index in [-0.39, 0.29) is 6.10 Å². The number of hydrogen-bond acceptors (Lipinski definition) is 7. The number of nitrogens with one attached hydrogen (secondary N) is 2. The van der Waals surface area contributed by atoms with E-state index in [0.717, 1.165) is 50.5 Å². The summed E-state index contributed by atoms with van der Waals surface area (Å²) in [4.78, 5) is 13.9. The van der Waals surface area contributed by atoms with E-state index < -0.39 is 0 Å². The van der Waals surface area contributed by atoms with E-state index in [2.05, 4.69) is 87.9 Å². The number of fused-ring (bicyclic) bond motifs is 1. The Labute approximate surface area is 203 Å². The van der Waals surface area contributed by atoms with E-state index >= 15 is 0 Å². The SMILES string of the molecule is CCNc1ncc2c(n1)N(C)CCN(c1cccc(COC(CCNC)c3ccccc3)c1)C2. The van der Waals surface area contributed by atoms with Crippen LogP contribution in [0.2, 0.25) is 0 Å². The third kappa shape index (κ3) is 6.04. The van der Waals surface area contributed by atoms with Crippen molar-refractivity contribution < 1.29 is 4.74 Å². The minimum atomic E-state index is 0.0686. The highest BCUT2D eigenvalue weighted by Gasteiger charge is 2.20. The van der Waals surface area contributed by atoms with Gasteiger partial charge in [0.25, 0.3) is 0 Å². The van der Waals surface area contributed by atoms with E-state index in [1.165, 1.54) is 16.8 Å². The number of rotatable bonds is 10. The second kappa shape index (κ2) is 11.8. The summed E-state index contributed by atoms with van der Waals surface area (Å²) in [5.74, 6) is 1.69. The number of ether oxygens (including phenoxy) is 1. The molecule has 2 N–H and O–H groups in total. The maximum absolute atomic E-state index is 6.40. The highest BCUT2D eigenvalue weighted by Crippen LogP contribution is 2.28. The lowest BCUT2D eigenvalue weighted by Gasteiger charge is -2.24. The Balaban J connectivity index is 1.47. The average molecular weight is 461 g/mol. The summed E-state index contributed by atoms with van der Waals surface area (Å²) in [6.07, 6.45) is 2.96. The van der Waals surface area contributed by atoms with Crippen LogP contribution in [0.15, 0.2) is 60.8 Å². The third-order valence-electron chi connectivity index (χ3n) is 6.16. The first-order chi connectivity index (χ1) is 16.7. The predicted molar refractivity (Wildman–Crippen MR) is 139 cm³/mol. The summed E-state index contributed by atoms with van der Waals surface area (Å²) in [5.41, 5.74) is 4.74. The van der Waals surface area contributed by atoms with Gasteiger partial charge in [-0.15, -0.1) is 0 Å². The van der Waals surface area contributed by atoms with Crippen molar-refractivity contribution in [3.8, 4) is 0 Å². The van der Waals surface area contributed by atoms with Crippen molar-refractivity contribution in [1.29, 1.82) is 0 Å². The molecule has 7 nitrogen and oxygen atoms in total. The molecule has 1 atom stereocenters. The molecule has 0 fully saturated rings. The van der Waals surface area contributed by atoms with Crippen molar-refractivity contribution in [3.63, 3.8) is 0 Å². The highest BCUT2D eigenvalue weighted by atomic mass is 16.5. The molecule has 2 aromatic carbocycles. The molecule has 7 heteroatoms. The number of likely N-dealkylation sites (N-methyl/N-ethyl adjacent to an activating group) is 1. The lowest BCUT2D eigenvalue weighted by molar-refractivity contribution is 0.0344. The van der Waals surface area contributed by atoms with E-state index in [0.29, 0.717) is 12.6 Å². The lowest BCUT2D eigenvalue weighted by Crippen LogP contribution is -2.29.